The van der Waals surface area contributed by atoms with Gasteiger partial charge in [0.1, 0.15) is 5.82 Å². The normalized spacial score (nSPS) is 10.2. The smallest absolute Gasteiger partial charge is 0.255 e. The van der Waals surface area contributed by atoms with Crippen LogP contribution >= 0.6 is 0 Å². The lowest BCUT2D eigenvalue weighted by Crippen LogP contribution is -2.20. The molecule has 0 aromatic heterocycles. The molecule has 0 saturated heterocycles. The van der Waals surface area contributed by atoms with E-state index in [9.17, 15) is 18.8 Å². The number of hydrogen-bond donors (Lipinski definition) is 3. The van der Waals surface area contributed by atoms with Crippen LogP contribution in [0.15, 0.2) is 48.5 Å². The van der Waals surface area contributed by atoms with Gasteiger partial charge < -0.3 is 16.0 Å². The van der Waals surface area contributed by atoms with Crippen molar-refractivity contribution in [3.05, 3.63) is 59.9 Å². The molecular formula is C21H24FN3O3. The number of unbranched alkanes of at least 4 members (excludes halogenated alkanes) is 2. The molecule has 28 heavy (non-hydrogen) atoms. The SMILES string of the molecule is CC(=O)NCCCCCC(=O)Nc1cccc(C(=O)Nc2cccc(F)c2)c1. The van der Waals surface area contributed by atoms with Gasteiger partial charge in [0.05, 0.1) is 0 Å². The second-order valence-corrected chi connectivity index (χ2v) is 6.39. The summed E-state index contributed by atoms with van der Waals surface area (Å²) in [4.78, 5) is 35.1. The van der Waals surface area contributed by atoms with Crippen LogP contribution in [0.3, 0.4) is 0 Å². The van der Waals surface area contributed by atoms with E-state index in [0.29, 0.717) is 36.3 Å². The molecule has 0 unspecified atom stereocenters. The van der Waals surface area contributed by atoms with Gasteiger partial charge in [-0.3, -0.25) is 14.4 Å². The third-order valence-corrected chi connectivity index (χ3v) is 3.95. The first-order valence-electron chi connectivity index (χ1n) is 9.15. The molecule has 0 aliphatic carbocycles. The van der Waals surface area contributed by atoms with Gasteiger partial charge in [-0.15, -0.1) is 0 Å². The number of carbonyl (C=O) groups is 3. The van der Waals surface area contributed by atoms with Crippen molar-refractivity contribution < 1.29 is 18.8 Å². The summed E-state index contributed by atoms with van der Waals surface area (Å²) < 4.78 is 13.2. The molecule has 0 heterocycles. The highest BCUT2D eigenvalue weighted by molar-refractivity contribution is 6.05. The van der Waals surface area contributed by atoms with E-state index in [1.165, 1.54) is 25.1 Å². The number of benzene rings is 2. The summed E-state index contributed by atoms with van der Waals surface area (Å²) in [6, 6.07) is 12.2. The zero-order valence-corrected chi connectivity index (χ0v) is 15.8. The second kappa shape index (κ2) is 10.8. The predicted octanol–water partition coefficient (Wildman–Crippen LogP) is 3.71. The van der Waals surface area contributed by atoms with Crippen LogP contribution in [0.25, 0.3) is 0 Å². The van der Waals surface area contributed by atoms with Gasteiger partial charge in [0, 0.05) is 36.8 Å². The van der Waals surface area contributed by atoms with E-state index in [-0.39, 0.29) is 17.7 Å². The van der Waals surface area contributed by atoms with Crippen LogP contribution in [0, 0.1) is 5.82 Å². The number of rotatable bonds is 9. The molecule has 7 heteroatoms. The number of carbonyl (C=O) groups excluding carboxylic acids is 3. The number of amides is 3. The largest absolute Gasteiger partial charge is 0.356 e. The van der Waals surface area contributed by atoms with Gasteiger partial charge in [0.2, 0.25) is 11.8 Å². The van der Waals surface area contributed by atoms with E-state index in [0.717, 1.165) is 12.8 Å². The van der Waals surface area contributed by atoms with Crippen LogP contribution in [0.2, 0.25) is 0 Å². The maximum atomic E-state index is 13.2. The zero-order chi connectivity index (χ0) is 20.4. The Morgan fingerprint density at radius 3 is 2.32 bits per heavy atom. The number of halogens is 1. The Kier molecular flexibility index (Phi) is 8.14. The minimum Gasteiger partial charge on any atom is -0.356 e. The van der Waals surface area contributed by atoms with Crippen LogP contribution in [-0.2, 0) is 9.59 Å². The Labute approximate surface area is 163 Å². The fraction of sp³-hybridized carbons (Fsp3) is 0.286. The first kappa shape index (κ1) is 21.1. The summed E-state index contributed by atoms with van der Waals surface area (Å²) in [6.45, 7) is 2.08. The molecule has 2 aromatic carbocycles. The summed E-state index contributed by atoms with van der Waals surface area (Å²) in [5.74, 6) is -1.02. The average Bonchev–Trinajstić information content (AvgIpc) is 2.64. The molecule has 0 bridgehead atoms. The van der Waals surface area contributed by atoms with Crippen LogP contribution < -0.4 is 16.0 Å². The van der Waals surface area contributed by atoms with Crippen molar-refractivity contribution in [3.63, 3.8) is 0 Å². The molecule has 0 aliphatic heterocycles. The molecule has 0 fully saturated rings. The Morgan fingerprint density at radius 2 is 1.61 bits per heavy atom. The quantitative estimate of drug-likeness (QED) is 0.575. The molecule has 148 valence electrons. The third-order valence-electron chi connectivity index (χ3n) is 3.95. The lowest BCUT2D eigenvalue weighted by Gasteiger charge is -2.09. The molecule has 2 aromatic rings. The molecule has 3 N–H and O–H groups in total. The zero-order valence-electron chi connectivity index (χ0n) is 15.8. The minimum absolute atomic E-state index is 0.0564. The summed E-state index contributed by atoms with van der Waals surface area (Å²) in [5, 5.41) is 8.10. The predicted molar refractivity (Wildman–Crippen MR) is 107 cm³/mol. The van der Waals surface area contributed by atoms with Crippen molar-refractivity contribution in [2.75, 3.05) is 17.2 Å². The first-order chi connectivity index (χ1) is 13.4. The van der Waals surface area contributed by atoms with Gasteiger partial charge in [-0.2, -0.15) is 0 Å². The third kappa shape index (κ3) is 7.57. The lowest BCUT2D eigenvalue weighted by atomic mass is 10.1. The fourth-order valence-corrected chi connectivity index (χ4v) is 2.58. The van der Waals surface area contributed by atoms with Crippen molar-refractivity contribution in [3.8, 4) is 0 Å². The maximum Gasteiger partial charge on any atom is 0.255 e. The summed E-state index contributed by atoms with van der Waals surface area (Å²) in [5.41, 5.74) is 1.24. The Balaban J connectivity index is 1.81. The van der Waals surface area contributed by atoms with E-state index >= 15 is 0 Å². The van der Waals surface area contributed by atoms with Gasteiger partial charge in [0.25, 0.3) is 5.91 Å². The van der Waals surface area contributed by atoms with E-state index in [4.69, 9.17) is 0 Å². The molecule has 0 atom stereocenters. The maximum absolute atomic E-state index is 13.2. The van der Waals surface area contributed by atoms with Gasteiger partial charge in [-0.1, -0.05) is 18.6 Å². The summed E-state index contributed by atoms with van der Waals surface area (Å²) >= 11 is 0. The molecule has 3 amide bonds. The van der Waals surface area contributed by atoms with Crippen molar-refractivity contribution in [1.82, 2.24) is 5.32 Å². The standard InChI is InChI=1S/C21H24FN3O3/c1-15(26)23-12-4-2-3-11-20(27)24-18-9-5-7-16(13-18)21(28)25-19-10-6-8-17(22)14-19/h5-10,13-14H,2-4,11-12H2,1H3,(H,23,26)(H,24,27)(H,25,28). The lowest BCUT2D eigenvalue weighted by molar-refractivity contribution is -0.119. The molecule has 0 spiro atoms. The van der Waals surface area contributed by atoms with E-state index in [1.54, 1.807) is 30.3 Å². The van der Waals surface area contributed by atoms with Crippen molar-refractivity contribution in [1.29, 1.82) is 0 Å². The molecule has 0 radical (unpaired) electrons. The van der Waals surface area contributed by atoms with E-state index < -0.39 is 5.82 Å². The molecule has 0 aliphatic rings. The molecule has 6 nitrogen and oxygen atoms in total. The monoisotopic (exact) mass is 385 g/mol. The van der Waals surface area contributed by atoms with Crippen molar-refractivity contribution >= 4 is 29.1 Å². The Morgan fingerprint density at radius 1 is 0.893 bits per heavy atom. The minimum atomic E-state index is -0.434. The number of nitrogens with one attached hydrogen (secondary N) is 3. The van der Waals surface area contributed by atoms with Gasteiger partial charge in [-0.25, -0.2) is 4.39 Å². The van der Waals surface area contributed by atoms with E-state index in [1.807, 2.05) is 0 Å². The number of hydrogen-bond acceptors (Lipinski definition) is 3. The highest BCUT2D eigenvalue weighted by Gasteiger charge is 2.09. The second-order valence-electron chi connectivity index (χ2n) is 6.39. The Hall–Kier alpha value is -3.22. The van der Waals surface area contributed by atoms with Gasteiger partial charge >= 0.3 is 0 Å². The first-order valence-corrected chi connectivity index (χ1v) is 9.15. The Bertz CT molecular complexity index is 839. The summed E-state index contributed by atoms with van der Waals surface area (Å²) in [7, 11) is 0. The van der Waals surface area contributed by atoms with Crippen LogP contribution in [0.4, 0.5) is 15.8 Å². The van der Waals surface area contributed by atoms with E-state index in [2.05, 4.69) is 16.0 Å². The van der Waals surface area contributed by atoms with Crippen molar-refractivity contribution in [2.45, 2.75) is 32.6 Å². The highest BCUT2D eigenvalue weighted by Crippen LogP contribution is 2.15. The van der Waals surface area contributed by atoms with Crippen LogP contribution in [-0.4, -0.2) is 24.3 Å². The number of anilines is 2. The summed E-state index contributed by atoms with van der Waals surface area (Å²) in [6.07, 6.45) is 2.73. The van der Waals surface area contributed by atoms with Gasteiger partial charge in [-0.05, 0) is 49.2 Å². The van der Waals surface area contributed by atoms with Crippen LogP contribution in [0.5, 0.6) is 0 Å². The molecule has 2 rings (SSSR count). The van der Waals surface area contributed by atoms with Crippen LogP contribution in [0.1, 0.15) is 43.0 Å². The fourth-order valence-electron chi connectivity index (χ4n) is 2.58. The highest BCUT2D eigenvalue weighted by atomic mass is 19.1. The molecular weight excluding hydrogens is 361 g/mol. The van der Waals surface area contributed by atoms with Gasteiger partial charge in [0.15, 0.2) is 0 Å². The topological polar surface area (TPSA) is 87.3 Å². The van der Waals surface area contributed by atoms with Crippen molar-refractivity contribution in [2.24, 2.45) is 0 Å². The molecule has 0 saturated carbocycles. The average molecular weight is 385 g/mol.